The fourth-order valence-corrected chi connectivity index (χ4v) is 3.75. The van der Waals surface area contributed by atoms with Crippen molar-refractivity contribution in [2.45, 2.75) is 71.1 Å². The van der Waals surface area contributed by atoms with Crippen LogP contribution in [0.5, 0.6) is 0 Å². The van der Waals surface area contributed by atoms with Crippen molar-refractivity contribution < 1.29 is 28.7 Å². The lowest BCUT2D eigenvalue weighted by molar-refractivity contribution is -0.157. The minimum atomic E-state index is -0.899. The number of hydrogen-bond donors (Lipinski definition) is 3. The van der Waals surface area contributed by atoms with E-state index >= 15 is 0 Å². The van der Waals surface area contributed by atoms with Gasteiger partial charge in [0, 0.05) is 6.54 Å². The van der Waals surface area contributed by atoms with Crippen molar-refractivity contribution in [1.82, 2.24) is 10.6 Å². The molecule has 38 heavy (non-hydrogen) atoms. The summed E-state index contributed by atoms with van der Waals surface area (Å²) in [5.74, 6) is -2.32. The predicted octanol–water partition coefficient (Wildman–Crippen LogP) is 3.64. The number of unbranched alkanes of at least 4 members (excludes halogenated alkanes) is 1. The number of primary amides is 1. The van der Waals surface area contributed by atoms with E-state index in [1.54, 1.807) is 20.8 Å². The molecule has 0 aliphatic rings. The van der Waals surface area contributed by atoms with Crippen LogP contribution < -0.4 is 16.4 Å². The Labute approximate surface area is 224 Å². The van der Waals surface area contributed by atoms with Gasteiger partial charge in [0.25, 0.3) is 0 Å². The monoisotopic (exact) mass is 525 g/mol. The highest BCUT2D eigenvalue weighted by atomic mass is 16.6. The van der Waals surface area contributed by atoms with Gasteiger partial charge in [-0.3, -0.25) is 14.4 Å². The Bertz CT molecular complexity index is 1040. The standard InChI is InChI=1S/C29H39N3O6/c1-29(2,3)38-25(33)19-23(18-21-12-6-4-7-13-21)27(35)32-24(26(30)34)16-10-11-17-31-28(36)37-20-22-14-8-5-9-15-22/h4-9,12-15,23-24H,10-11,16-20H2,1-3H3,(H2,30,34)(H,31,36)(H,32,35)/t23-,24+/m1/s1. The van der Waals surface area contributed by atoms with Crippen LogP contribution in [-0.4, -0.2) is 42.1 Å². The average Bonchev–Trinajstić information content (AvgIpc) is 2.86. The lowest BCUT2D eigenvalue weighted by atomic mass is 9.94. The van der Waals surface area contributed by atoms with Crippen molar-refractivity contribution in [3.8, 4) is 0 Å². The van der Waals surface area contributed by atoms with Crippen molar-refractivity contribution in [3.05, 3.63) is 71.8 Å². The number of carbonyl (C=O) groups excluding carboxylic acids is 4. The van der Waals surface area contributed by atoms with Gasteiger partial charge < -0.3 is 25.8 Å². The SMILES string of the molecule is CC(C)(C)OC(=O)C[C@@H](Cc1ccccc1)C(=O)N[C@@H](CCCCNC(=O)OCc1ccccc1)C(N)=O. The molecule has 0 aromatic heterocycles. The molecule has 0 bridgehead atoms. The van der Waals surface area contributed by atoms with Crippen LogP contribution in [-0.2, 0) is 36.9 Å². The first-order valence-electron chi connectivity index (χ1n) is 12.8. The second-order valence-corrected chi connectivity index (χ2v) is 10.1. The molecule has 0 heterocycles. The van der Waals surface area contributed by atoms with Crippen LogP contribution >= 0.6 is 0 Å². The molecule has 0 saturated heterocycles. The fraction of sp³-hybridized carbons (Fsp3) is 0.448. The third-order valence-electron chi connectivity index (χ3n) is 5.59. The number of ether oxygens (including phenoxy) is 2. The Morgan fingerprint density at radius 2 is 1.50 bits per heavy atom. The molecule has 0 saturated carbocycles. The molecule has 3 amide bonds. The van der Waals surface area contributed by atoms with Crippen molar-refractivity contribution in [1.29, 1.82) is 0 Å². The number of alkyl carbamates (subject to hydrolysis) is 1. The third kappa shape index (κ3) is 12.4. The molecule has 0 aliphatic carbocycles. The van der Waals surface area contributed by atoms with E-state index in [-0.39, 0.29) is 13.0 Å². The van der Waals surface area contributed by atoms with Gasteiger partial charge in [0.15, 0.2) is 0 Å². The minimum Gasteiger partial charge on any atom is -0.460 e. The zero-order valence-electron chi connectivity index (χ0n) is 22.4. The number of rotatable bonds is 14. The number of benzene rings is 2. The summed E-state index contributed by atoms with van der Waals surface area (Å²) in [7, 11) is 0. The first-order valence-corrected chi connectivity index (χ1v) is 12.8. The summed E-state index contributed by atoms with van der Waals surface area (Å²) >= 11 is 0. The summed E-state index contributed by atoms with van der Waals surface area (Å²) in [5.41, 5.74) is 6.64. The molecule has 0 aliphatic heterocycles. The Balaban J connectivity index is 1.84. The maximum atomic E-state index is 13.1. The fourth-order valence-electron chi connectivity index (χ4n) is 3.75. The number of nitrogens with one attached hydrogen (secondary N) is 2. The number of amides is 3. The zero-order valence-corrected chi connectivity index (χ0v) is 22.4. The van der Waals surface area contributed by atoms with E-state index in [1.807, 2.05) is 60.7 Å². The van der Waals surface area contributed by atoms with E-state index in [0.29, 0.717) is 32.2 Å². The summed E-state index contributed by atoms with van der Waals surface area (Å²) < 4.78 is 10.6. The molecule has 4 N–H and O–H groups in total. The topological polar surface area (TPSA) is 137 Å². The van der Waals surface area contributed by atoms with Gasteiger partial charge in [-0.15, -0.1) is 0 Å². The number of nitrogens with two attached hydrogens (primary N) is 1. The van der Waals surface area contributed by atoms with Crippen LogP contribution in [0.2, 0.25) is 0 Å². The van der Waals surface area contributed by atoms with Gasteiger partial charge in [-0.1, -0.05) is 60.7 Å². The average molecular weight is 526 g/mol. The minimum absolute atomic E-state index is 0.126. The van der Waals surface area contributed by atoms with Gasteiger partial charge in [-0.2, -0.15) is 0 Å². The highest BCUT2D eigenvalue weighted by molar-refractivity contribution is 5.89. The molecule has 2 aromatic rings. The first-order chi connectivity index (χ1) is 18.0. The lowest BCUT2D eigenvalue weighted by Crippen LogP contribution is -2.47. The van der Waals surface area contributed by atoms with E-state index in [1.165, 1.54) is 0 Å². The Kier molecular flexibility index (Phi) is 12.3. The van der Waals surface area contributed by atoms with E-state index in [2.05, 4.69) is 10.6 Å². The largest absolute Gasteiger partial charge is 0.460 e. The molecule has 206 valence electrons. The molecule has 2 aromatic carbocycles. The smallest absolute Gasteiger partial charge is 0.407 e. The van der Waals surface area contributed by atoms with Crippen molar-refractivity contribution >= 4 is 23.9 Å². The quantitative estimate of drug-likeness (QED) is 0.254. The second-order valence-electron chi connectivity index (χ2n) is 10.1. The normalized spacial score (nSPS) is 12.6. The molecule has 2 atom stereocenters. The van der Waals surface area contributed by atoms with Crippen LogP contribution in [0.4, 0.5) is 4.79 Å². The highest BCUT2D eigenvalue weighted by Crippen LogP contribution is 2.17. The van der Waals surface area contributed by atoms with Crippen LogP contribution in [0, 0.1) is 5.92 Å². The molecular weight excluding hydrogens is 486 g/mol. The van der Waals surface area contributed by atoms with Crippen molar-refractivity contribution in [3.63, 3.8) is 0 Å². The van der Waals surface area contributed by atoms with Crippen LogP contribution in [0.25, 0.3) is 0 Å². The maximum Gasteiger partial charge on any atom is 0.407 e. The molecule has 9 heteroatoms. The summed E-state index contributed by atoms with van der Waals surface area (Å²) in [6, 6.07) is 17.8. The highest BCUT2D eigenvalue weighted by Gasteiger charge is 2.28. The van der Waals surface area contributed by atoms with Gasteiger partial charge in [0.2, 0.25) is 11.8 Å². The van der Waals surface area contributed by atoms with Crippen molar-refractivity contribution in [2.75, 3.05) is 6.54 Å². The third-order valence-corrected chi connectivity index (χ3v) is 5.59. The molecule has 0 spiro atoms. The summed E-state index contributed by atoms with van der Waals surface area (Å²) in [5, 5.41) is 5.38. The van der Waals surface area contributed by atoms with Crippen molar-refractivity contribution in [2.24, 2.45) is 11.7 Å². The second kappa shape index (κ2) is 15.4. The van der Waals surface area contributed by atoms with E-state index < -0.39 is 41.4 Å². The maximum absolute atomic E-state index is 13.1. The van der Waals surface area contributed by atoms with Gasteiger partial charge >= 0.3 is 12.1 Å². The van der Waals surface area contributed by atoms with Gasteiger partial charge in [0.1, 0.15) is 18.2 Å². The molecule has 2 rings (SSSR count). The molecule has 0 fully saturated rings. The van der Waals surface area contributed by atoms with Gasteiger partial charge in [-0.05, 0) is 57.6 Å². The van der Waals surface area contributed by atoms with Crippen LogP contribution in [0.15, 0.2) is 60.7 Å². The van der Waals surface area contributed by atoms with Gasteiger partial charge in [-0.25, -0.2) is 4.79 Å². The molecule has 9 nitrogen and oxygen atoms in total. The Morgan fingerprint density at radius 1 is 0.895 bits per heavy atom. The zero-order chi connectivity index (χ0) is 28.0. The Morgan fingerprint density at radius 3 is 2.08 bits per heavy atom. The number of esters is 1. The van der Waals surface area contributed by atoms with E-state index in [0.717, 1.165) is 11.1 Å². The van der Waals surface area contributed by atoms with Gasteiger partial charge in [0.05, 0.1) is 12.3 Å². The first kappa shape index (κ1) is 30.3. The lowest BCUT2D eigenvalue weighted by Gasteiger charge is -2.23. The predicted molar refractivity (Wildman–Crippen MR) is 144 cm³/mol. The number of hydrogen-bond acceptors (Lipinski definition) is 6. The summed E-state index contributed by atoms with van der Waals surface area (Å²) in [6.45, 7) is 5.81. The molecule has 0 unspecified atom stereocenters. The van der Waals surface area contributed by atoms with E-state index in [9.17, 15) is 19.2 Å². The van der Waals surface area contributed by atoms with Crippen LogP contribution in [0.3, 0.4) is 0 Å². The summed E-state index contributed by atoms with van der Waals surface area (Å²) in [4.78, 5) is 49.5. The Hall–Kier alpha value is -3.88. The number of carbonyl (C=O) groups is 4. The molecular formula is C29H39N3O6. The molecule has 0 radical (unpaired) electrons. The summed E-state index contributed by atoms with van der Waals surface area (Å²) in [6.07, 6.45) is 1.05. The van der Waals surface area contributed by atoms with E-state index in [4.69, 9.17) is 15.2 Å². The van der Waals surface area contributed by atoms with Crippen LogP contribution in [0.1, 0.15) is 57.6 Å².